The molecule has 0 aliphatic rings. The molecular formula is C7H5ClF3NO5S. The quantitative estimate of drug-likeness (QED) is 0.848. The van der Waals surface area contributed by atoms with Gasteiger partial charge in [0.1, 0.15) is 0 Å². The molecule has 1 heterocycles. The molecule has 6 nitrogen and oxygen atoms in total. The minimum atomic E-state index is -5.08. The van der Waals surface area contributed by atoms with Crippen LogP contribution in [0.3, 0.4) is 0 Å². The Morgan fingerprint density at radius 3 is 2.33 bits per heavy atom. The van der Waals surface area contributed by atoms with Crippen LogP contribution in [0.2, 0.25) is 0 Å². The Labute approximate surface area is 103 Å². The molecule has 0 unspecified atom stereocenters. The number of halogens is 4. The second kappa shape index (κ2) is 4.69. The van der Waals surface area contributed by atoms with E-state index in [-0.39, 0.29) is 0 Å². The van der Waals surface area contributed by atoms with Crippen LogP contribution in [0, 0.1) is 0 Å². The zero-order chi connectivity index (χ0) is 14.1. The highest BCUT2D eigenvalue weighted by atomic mass is 35.7. The van der Waals surface area contributed by atoms with Gasteiger partial charge in [0, 0.05) is 10.7 Å². The predicted molar refractivity (Wildman–Crippen MR) is 53.3 cm³/mol. The lowest BCUT2D eigenvalue weighted by molar-refractivity contribution is -0.275. The maximum atomic E-state index is 12.0. The van der Waals surface area contributed by atoms with Crippen molar-refractivity contribution in [2.24, 2.45) is 0 Å². The Balaban J connectivity index is 3.54. The highest BCUT2D eigenvalue weighted by Crippen LogP contribution is 2.35. The summed E-state index contributed by atoms with van der Waals surface area (Å²) < 4.78 is 66.2. The minimum absolute atomic E-state index is 0.514. The molecule has 1 N–H and O–H groups in total. The third-order valence-corrected chi connectivity index (χ3v) is 2.97. The highest BCUT2D eigenvalue weighted by Gasteiger charge is 2.35. The average molecular weight is 308 g/mol. The van der Waals surface area contributed by atoms with Crippen molar-refractivity contribution in [2.75, 3.05) is 7.11 Å². The molecule has 0 aromatic carbocycles. The third-order valence-electron chi connectivity index (χ3n) is 1.64. The molecule has 1 aromatic heterocycles. The van der Waals surface area contributed by atoms with E-state index in [1.54, 1.807) is 4.98 Å². The summed E-state index contributed by atoms with van der Waals surface area (Å²) in [6.07, 6.45) is -4.57. The molecule has 0 radical (unpaired) electrons. The molecule has 0 fully saturated rings. The van der Waals surface area contributed by atoms with Gasteiger partial charge in [-0.25, -0.2) is 8.42 Å². The number of pyridine rings is 1. The Bertz CT molecular complexity index is 608. The Hall–Kier alpha value is -1.42. The van der Waals surface area contributed by atoms with E-state index >= 15 is 0 Å². The summed E-state index contributed by atoms with van der Waals surface area (Å²) in [5.74, 6) is -1.95. The Morgan fingerprint density at radius 1 is 1.39 bits per heavy atom. The van der Waals surface area contributed by atoms with Crippen LogP contribution in [0.4, 0.5) is 13.2 Å². The number of methoxy groups -OCH3 is 1. The molecule has 0 atom stereocenters. The van der Waals surface area contributed by atoms with E-state index in [1.165, 1.54) is 0 Å². The predicted octanol–water partition coefficient (Wildman–Crippen LogP) is 1.21. The lowest BCUT2D eigenvalue weighted by atomic mass is 10.4. The highest BCUT2D eigenvalue weighted by molar-refractivity contribution is 8.13. The summed E-state index contributed by atoms with van der Waals surface area (Å²) in [5.41, 5.74) is -1.23. The SMILES string of the molecule is COc1c(OC(F)(F)F)c[nH]c(=O)c1S(=O)(=O)Cl. The smallest absolute Gasteiger partial charge is 0.491 e. The van der Waals surface area contributed by atoms with Crippen LogP contribution in [0.15, 0.2) is 15.9 Å². The van der Waals surface area contributed by atoms with Gasteiger partial charge in [-0.3, -0.25) is 4.79 Å². The van der Waals surface area contributed by atoms with Crippen LogP contribution in [0.25, 0.3) is 0 Å². The van der Waals surface area contributed by atoms with E-state index < -0.39 is 37.4 Å². The summed E-state index contributed by atoms with van der Waals surface area (Å²) in [7, 11) is 1.19. The second-order valence-corrected chi connectivity index (χ2v) is 5.33. The number of nitrogens with one attached hydrogen (secondary N) is 1. The number of ether oxygens (including phenoxy) is 2. The zero-order valence-corrected chi connectivity index (χ0v) is 10.1. The fraction of sp³-hybridized carbons (Fsp3) is 0.286. The molecule has 0 aliphatic heterocycles. The number of alkyl halides is 3. The lowest BCUT2D eigenvalue weighted by Crippen LogP contribution is -2.21. The van der Waals surface area contributed by atoms with Crippen molar-refractivity contribution < 1.29 is 31.1 Å². The molecule has 0 amide bonds. The number of H-pyrrole nitrogens is 1. The summed E-state index contributed by atoms with van der Waals surface area (Å²) in [6, 6.07) is 0. The fourth-order valence-corrected chi connectivity index (χ4v) is 2.20. The van der Waals surface area contributed by atoms with Crippen LogP contribution in [0.1, 0.15) is 0 Å². The number of aromatic amines is 1. The van der Waals surface area contributed by atoms with E-state index in [0.29, 0.717) is 6.20 Å². The molecule has 0 bridgehead atoms. The first-order valence-electron chi connectivity index (χ1n) is 4.06. The van der Waals surface area contributed by atoms with Gasteiger partial charge in [0.2, 0.25) is 0 Å². The maximum absolute atomic E-state index is 12.0. The van der Waals surface area contributed by atoms with Gasteiger partial charge in [-0.05, 0) is 0 Å². The van der Waals surface area contributed by atoms with Gasteiger partial charge in [0.05, 0.1) is 13.3 Å². The number of rotatable bonds is 3. The molecule has 0 spiro atoms. The third kappa shape index (κ3) is 3.29. The van der Waals surface area contributed by atoms with Crippen molar-refractivity contribution in [3.05, 3.63) is 16.6 Å². The van der Waals surface area contributed by atoms with Gasteiger partial charge in [0.15, 0.2) is 16.4 Å². The summed E-state index contributed by atoms with van der Waals surface area (Å²) in [6.45, 7) is 0. The van der Waals surface area contributed by atoms with Gasteiger partial charge >= 0.3 is 6.36 Å². The number of hydrogen-bond acceptors (Lipinski definition) is 5. The first-order valence-corrected chi connectivity index (χ1v) is 6.37. The largest absolute Gasteiger partial charge is 0.573 e. The van der Waals surface area contributed by atoms with Crippen molar-refractivity contribution in [1.82, 2.24) is 4.98 Å². The molecular weight excluding hydrogens is 303 g/mol. The topological polar surface area (TPSA) is 85.5 Å². The first-order chi connectivity index (χ1) is 8.06. The standard InChI is InChI=1S/C7H5ClF3NO5S/c1-16-4-3(17-7(9,10)11)2-12-6(13)5(4)18(8,14)15/h2H,1H3,(H,12,13). The van der Waals surface area contributed by atoms with Gasteiger partial charge in [-0.1, -0.05) is 0 Å². The number of hydrogen-bond donors (Lipinski definition) is 1. The van der Waals surface area contributed by atoms with E-state index in [1.807, 2.05) is 0 Å². The van der Waals surface area contributed by atoms with Crippen molar-refractivity contribution in [1.29, 1.82) is 0 Å². The van der Waals surface area contributed by atoms with E-state index in [2.05, 4.69) is 9.47 Å². The van der Waals surface area contributed by atoms with Gasteiger partial charge < -0.3 is 14.5 Å². The summed E-state index contributed by atoms with van der Waals surface area (Å²) in [5, 5.41) is 0. The zero-order valence-electron chi connectivity index (χ0n) is 8.54. The fourth-order valence-electron chi connectivity index (χ4n) is 1.09. The lowest BCUT2D eigenvalue weighted by Gasteiger charge is -2.13. The molecule has 18 heavy (non-hydrogen) atoms. The molecule has 102 valence electrons. The summed E-state index contributed by atoms with van der Waals surface area (Å²) in [4.78, 5) is 11.8. The first kappa shape index (κ1) is 14.6. The van der Waals surface area contributed by atoms with Crippen molar-refractivity contribution in [3.63, 3.8) is 0 Å². The van der Waals surface area contributed by atoms with Crippen LogP contribution >= 0.6 is 10.7 Å². The van der Waals surface area contributed by atoms with Crippen molar-refractivity contribution in [3.8, 4) is 11.5 Å². The molecule has 1 rings (SSSR count). The molecule has 0 aliphatic carbocycles. The summed E-state index contributed by atoms with van der Waals surface area (Å²) >= 11 is 0. The molecule has 0 saturated carbocycles. The van der Waals surface area contributed by atoms with Crippen LogP contribution in [0.5, 0.6) is 11.5 Å². The average Bonchev–Trinajstić information content (AvgIpc) is 2.16. The molecule has 1 aromatic rings. The number of aromatic nitrogens is 1. The minimum Gasteiger partial charge on any atom is -0.491 e. The van der Waals surface area contributed by atoms with Crippen LogP contribution in [-0.2, 0) is 9.05 Å². The van der Waals surface area contributed by atoms with E-state index in [9.17, 15) is 26.4 Å². The Kier molecular flexibility index (Phi) is 3.81. The maximum Gasteiger partial charge on any atom is 0.573 e. The van der Waals surface area contributed by atoms with Crippen molar-refractivity contribution >= 4 is 19.7 Å². The Morgan fingerprint density at radius 2 is 1.94 bits per heavy atom. The van der Waals surface area contributed by atoms with Crippen LogP contribution < -0.4 is 15.0 Å². The van der Waals surface area contributed by atoms with Crippen LogP contribution in [-0.4, -0.2) is 26.9 Å². The molecule has 0 saturated heterocycles. The van der Waals surface area contributed by atoms with E-state index in [4.69, 9.17) is 10.7 Å². The van der Waals surface area contributed by atoms with Crippen molar-refractivity contribution in [2.45, 2.75) is 11.3 Å². The van der Waals surface area contributed by atoms with Gasteiger partial charge in [0.25, 0.3) is 14.6 Å². The second-order valence-electron chi connectivity index (χ2n) is 2.83. The van der Waals surface area contributed by atoms with Gasteiger partial charge in [-0.15, -0.1) is 13.2 Å². The monoisotopic (exact) mass is 307 g/mol. The molecule has 11 heteroatoms. The van der Waals surface area contributed by atoms with Gasteiger partial charge in [-0.2, -0.15) is 0 Å². The van der Waals surface area contributed by atoms with E-state index in [0.717, 1.165) is 7.11 Å². The normalized spacial score (nSPS) is 12.3.